The molecule has 0 aliphatic rings. The van der Waals surface area contributed by atoms with Gasteiger partial charge in [-0.25, -0.2) is 9.78 Å². The molecule has 0 spiro atoms. The number of anilines is 1. The molecule has 12 heteroatoms. The van der Waals surface area contributed by atoms with Gasteiger partial charge in [0.2, 0.25) is 5.89 Å². The second kappa shape index (κ2) is 14.3. The number of benzene rings is 1. The molecule has 1 aromatic heterocycles. The number of aromatic nitrogens is 1. The molecule has 0 bridgehead atoms. The quantitative estimate of drug-likeness (QED) is 0.375. The Balaban J connectivity index is 2.06. The highest BCUT2D eigenvalue weighted by Gasteiger charge is 2.34. The van der Waals surface area contributed by atoms with E-state index in [2.05, 4.69) is 15.6 Å². The summed E-state index contributed by atoms with van der Waals surface area (Å²) in [5.41, 5.74) is -1.28. The molecular formula is C23H31F3N4O5. The Morgan fingerprint density at radius 2 is 1.77 bits per heavy atom. The number of halogens is 3. The largest absolute Gasteiger partial charge is 0.446 e. The zero-order valence-corrected chi connectivity index (χ0v) is 19.8. The highest BCUT2D eigenvalue weighted by atomic mass is 19.4. The van der Waals surface area contributed by atoms with Crippen LogP contribution in [0.4, 0.5) is 23.7 Å². The lowest BCUT2D eigenvalue weighted by molar-refractivity contribution is -0.136. The maximum Gasteiger partial charge on any atom is 0.418 e. The molecule has 194 valence electrons. The maximum atomic E-state index is 13.3. The van der Waals surface area contributed by atoms with Gasteiger partial charge < -0.3 is 29.4 Å². The van der Waals surface area contributed by atoms with Gasteiger partial charge in [-0.2, -0.15) is 13.2 Å². The number of oxazole rings is 1. The van der Waals surface area contributed by atoms with Crippen LogP contribution in [0.15, 0.2) is 34.9 Å². The minimum Gasteiger partial charge on any atom is -0.446 e. The molecule has 2 rings (SSSR count). The number of alkyl halides is 3. The maximum absolute atomic E-state index is 13.3. The topological polar surface area (TPSA) is 106 Å². The lowest BCUT2D eigenvalue weighted by Crippen LogP contribution is -2.36. The van der Waals surface area contributed by atoms with Crippen molar-refractivity contribution in [3.8, 4) is 0 Å². The number of para-hydroxylation sites is 1. The Hall–Kier alpha value is -3.12. The number of amides is 3. The van der Waals surface area contributed by atoms with Crippen molar-refractivity contribution in [1.29, 1.82) is 0 Å². The third-order valence-corrected chi connectivity index (χ3v) is 4.75. The van der Waals surface area contributed by atoms with Crippen molar-refractivity contribution in [2.24, 2.45) is 0 Å². The van der Waals surface area contributed by atoms with Crippen molar-refractivity contribution >= 4 is 17.6 Å². The number of nitrogens with zero attached hydrogens (tertiary/aromatic N) is 2. The first-order chi connectivity index (χ1) is 16.8. The van der Waals surface area contributed by atoms with Gasteiger partial charge in [-0.1, -0.05) is 12.1 Å². The van der Waals surface area contributed by atoms with E-state index in [0.717, 1.165) is 6.07 Å². The van der Waals surface area contributed by atoms with Crippen molar-refractivity contribution in [3.05, 3.63) is 47.7 Å². The Morgan fingerprint density at radius 3 is 2.46 bits per heavy atom. The summed E-state index contributed by atoms with van der Waals surface area (Å²) in [6.07, 6.45) is -2.38. The van der Waals surface area contributed by atoms with Gasteiger partial charge in [0, 0.05) is 39.5 Å². The fourth-order valence-electron chi connectivity index (χ4n) is 3.05. The van der Waals surface area contributed by atoms with Gasteiger partial charge in [0.25, 0.3) is 5.91 Å². The van der Waals surface area contributed by atoms with Crippen LogP contribution in [0.1, 0.15) is 48.6 Å². The van der Waals surface area contributed by atoms with Crippen LogP contribution in [0, 0.1) is 0 Å². The number of carbonyl (C=O) groups is 2. The molecule has 0 aliphatic heterocycles. The number of urea groups is 1. The summed E-state index contributed by atoms with van der Waals surface area (Å²) in [7, 11) is 0. The summed E-state index contributed by atoms with van der Waals surface area (Å²) in [6.45, 7) is 6.09. The number of ether oxygens (including phenoxy) is 2. The van der Waals surface area contributed by atoms with Crippen LogP contribution in [0.5, 0.6) is 0 Å². The molecule has 0 unspecified atom stereocenters. The number of nitrogens with one attached hydrogen (secondary N) is 2. The summed E-state index contributed by atoms with van der Waals surface area (Å²) in [6, 6.07) is 3.95. The summed E-state index contributed by atoms with van der Waals surface area (Å²) in [5, 5.41) is 5.01. The predicted octanol–water partition coefficient (Wildman–Crippen LogP) is 4.31. The molecular weight excluding hydrogens is 469 g/mol. The van der Waals surface area contributed by atoms with Gasteiger partial charge in [0.05, 0.1) is 17.8 Å². The predicted molar refractivity (Wildman–Crippen MR) is 122 cm³/mol. The van der Waals surface area contributed by atoms with Crippen molar-refractivity contribution in [2.75, 3.05) is 44.8 Å². The van der Waals surface area contributed by atoms with Crippen LogP contribution in [0.2, 0.25) is 0 Å². The van der Waals surface area contributed by atoms with E-state index in [9.17, 15) is 22.8 Å². The summed E-state index contributed by atoms with van der Waals surface area (Å²) >= 11 is 0. The van der Waals surface area contributed by atoms with E-state index >= 15 is 0 Å². The highest BCUT2D eigenvalue weighted by molar-refractivity contribution is 5.92. The first kappa shape index (κ1) is 28.1. The fourth-order valence-corrected chi connectivity index (χ4v) is 3.05. The van der Waals surface area contributed by atoms with Gasteiger partial charge in [0.15, 0.2) is 5.69 Å². The van der Waals surface area contributed by atoms with E-state index in [1.807, 2.05) is 13.8 Å². The van der Waals surface area contributed by atoms with Crippen LogP contribution >= 0.6 is 0 Å². The summed E-state index contributed by atoms with van der Waals surface area (Å²) < 4.78 is 55.8. The standard InChI is InChI=1S/C23H31F3N4O5/c1-3-33-13-7-11-27-21(31)19-16-35-20(28-19)15-30(12-8-14-34-4-2)22(32)29-18-10-6-5-9-17(18)23(24,25)26/h5-6,9-10,16H,3-4,7-8,11-15H2,1-2H3,(H,27,31)(H,29,32). The number of carbonyl (C=O) groups excluding carboxylic acids is 2. The van der Waals surface area contributed by atoms with Crippen molar-refractivity contribution < 1.29 is 36.7 Å². The van der Waals surface area contributed by atoms with E-state index in [1.54, 1.807) is 0 Å². The molecule has 0 saturated heterocycles. The Labute approximate surface area is 202 Å². The van der Waals surface area contributed by atoms with E-state index in [1.165, 1.54) is 29.4 Å². The third kappa shape index (κ3) is 9.57. The number of hydrogen-bond donors (Lipinski definition) is 2. The minimum atomic E-state index is -4.63. The highest BCUT2D eigenvalue weighted by Crippen LogP contribution is 2.34. The van der Waals surface area contributed by atoms with E-state index in [0.29, 0.717) is 45.8 Å². The van der Waals surface area contributed by atoms with Gasteiger partial charge in [-0.3, -0.25) is 4.79 Å². The van der Waals surface area contributed by atoms with Crippen LogP contribution in [-0.2, 0) is 22.2 Å². The van der Waals surface area contributed by atoms with E-state index < -0.39 is 23.7 Å². The molecule has 1 aromatic carbocycles. The molecule has 0 atom stereocenters. The van der Waals surface area contributed by atoms with Crippen LogP contribution in [-0.4, -0.2) is 61.3 Å². The fraction of sp³-hybridized carbons (Fsp3) is 0.522. The zero-order chi connectivity index (χ0) is 25.7. The molecule has 1 heterocycles. The molecule has 9 nitrogen and oxygen atoms in total. The Morgan fingerprint density at radius 1 is 1.09 bits per heavy atom. The van der Waals surface area contributed by atoms with Crippen molar-refractivity contribution in [2.45, 2.75) is 39.4 Å². The average Bonchev–Trinajstić information content (AvgIpc) is 3.29. The van der Waals surface area contributed by atoms with E-state index in [-0.39, 0.29) is 30.4 Å². The van der Waals surface area contributed by atoms with Gasteiger partial charge in [-0.15, -0.1) is 0 Å². The molecule has 0 fully saturated rings. The first-order valence-corrected chi connectivity index (χ1v) is 11.4. The first-order valence-electron chi connectivity index (χ1n) is 11.4. The lowest BCUT2D eigenvalue weighted by Gasteiger charge is -2.23. The molecule has 35 heavy (non-hydrogen) atoms. The van der Waals surface area contributed by atoms with Crippen molar-refractivity contribution in [1.82, 2.24) is 15.2 Å². The minimum absolute atomic E-state index is 0.0356. The second-order valence-corrected chi connectivity index (χ2v) is 7.38. The van der Waals surface area contributed by atoms with Gasteiger partial charge in [-0.05, 0) is 38.8 Å². The van der Waals surface area contributed by atoms with Gasteiger partial charge >= 0.3 is 12.2 Å². The smallest absolute Gasteiger partial charge is 0.418 e. The van der Waals surface area contributed by atoms with Gasteiger partial charge in [0.1, 0.15) is 6.26 Å². The third-order valence-electron chi connectivity index (χ3n) is 4.75. The summed E-state index contributed by atoms with van der Waals surface area (Å²) in [5.74, 6) is -0.372. The zero-order valence-electron chi connectivity index (χ0n) is 19.8. The monoisotopic (exact) mass is 500 g/mol. The number of rotatable bonds is 14. The molecule has 3 amide bonds. The molecule has 0 aliphatic carbocycles. The van der Waals surface area contributed by atoms with Crippen LogP contribution in [0.3, 0.4) is 0 Å². The second-order valence-electron chi connectivity index (χ2n) is 7.38. The SMILES string of the molecule is CCOCCCNC(=O)c1coc(CN(CCCOCC)C(=O)Nc2ccccc2C(F)(F)F)n1. The molecule has 2 N–H and O–H groups in total. The molecule has 2 aromatic rings. The lowest BCUT2D eigenvalue weighted by atomic mass is 10.1. The van der Waals surface area contributed by atoms with Crippen molar-refractivity contribution in [3.63, 3.8) is 0 Å². The average molecular weight is 501 g/mol. The van der Waals surface area contributed by atoms with E-state index in [4.69, 9.17) is 13.9 Å². The van der Waals surface area contributed by atoms with Crippen LogP contribution in [0.25, 0.3) is 0 Å². The Bertz CT molecular complexity index is 936. The molecule has 0 saturated carbocycles. The molecule has 0 radical (unpaired) electrons. The normalized spacial score (nSPS) is 11.3. The number of hydrogen-bond acceptors (Lipinski definition) is 6. The Kier molecular flexibility index (Phi) is 11.5. The summed E-state index contributed by atoms with van der Waals surface area (Å²) in [4.78, 5) is 30.5. The van der Waals surface area contributed by atoms with Crippen LogP contribution < -0.4 is 10.6 Å².